The summed E-state index contributed by atoms with van der Waals surface area (Å²) in [7, 11) is 2.98. The van der Waals surface area contributed by atoms with Gasteiger partial charge in [0.25, 0.3) is 11.8 Å². The van der Waals surface area contributed by atoms with Crippen LogP contribution in [-0.4, -0.2) is 48.7 Å². The normalized spacial score (nSPS) is 16.5. The molecule has 2 aromatic carbocycles. The van der Waals surface area contributed by atoms with Crippen LogP contribution in [0.4, 0.5) is 5.69 Å². The molecule has 9 nitrogen and oxygen atoms in total. The van der Waals surface area contributed by atoms with E-state index in [4.69, 9.17) is 25.8 Å². The predicted molar refractivity (Wildman–Crippen MR) is 142 cm³/mol. The molecule has 0 radical (unpaired) electrons. The average molecular weight is 622 g/mol. The van der Waals surface area contributed by atoms with Crippen LogP contribution >= 0.6 is 23.4 Å². The highest BCUT2D eigenvalue weighted by Crippen LogP contribution is 2.46. The highest BCUT2D eigenvalue weighted by atomic mass is 79.9. The Kier molecular flexibility index (Phi) is 9.64. The minimum Gasteiger partial charge on any atom is -1.00 e. The van der Waals surface area contributed by atoms with Gasteiger partial charge in [-0.3, -0.25) is 14.5 Å². The fourth-order valence-electron chi connectivity index (χ4n) is 4.03. The van der Waals surface area contributed by atoms with Gasteiger partial charge in [0.2, 0.25) is 0 Å². The molecule has 12 heteroatoms. The molecule has 2 aromatic rings. The summed E-state index contributed by atoms with van der Waals surface area (Å²) in [5.41, 5.74) is 1.58. The van der Waals surface area contributed by atoms with Gasteiger partial charge in [-0.1, -0.05) is 23.7 Å². The number of ether oxygens (including phenoxy) is 3. The molecular formula is C26H24BrClN3O6S-. The second-order valence-electron chi connectivity index (χ2n) is 7.88. The first kappa shape index (κ1) is 29.3. The maximum atomic E-state index is 13.5. The van der Waals surface area contributed by atoms with Crippen LogP contribution in [-0.2, 0) is 19.1 Å². The van der Waals surface area contributed by atoms with Gasteiger partial charge in [-0.2, -0.15) is 0 Å². The van der Waals surface area contributed by atoms with Crippen LogP contribution in [0.25, 0.3) is 0 Å². The summed E-state index contributed by atoms with van der Waals surface area (Å²) in [5, 5.41) is 3.53. The van der Waals surface area contributed by atoms with E-state index in [0.29, 0.717) is 33.5 Å². The molecule has 4 rings (SSSR count). The van der Waals surface area contributed by atoms with Gasteiger partial charge in [0, 0.05) is 22.3 Å². The number of aliphatic imine (C=N–C) groups is 1. The van der Waals surface area contributed by atoms with Gasteiger partial charge < -0.3 is 36.5 Å². The van der Waals surface area contributed by atoms with E-state index in [1.165, 1.54) is 25.2 Å². The molecule has 0 aromatic heterocycles. The van der Waals surface area contributed by atoms with E-state index >= 15 is 0 Å². The van der Waals surface area contributed by atoms with Crippen LogP contribution in [0.2, 0.25) is 5.02 Å². The van der Waals surface area contributed by atoms with Gasteiger partial charge in [0.05, 0.1) is 37.0 Å². The second kappa shape index (κ2) is 12.5. The Labute approximate surface area is 239 Å². The number of halogens is 2. The van der Waals surface area contributed by atoms with E-state index < -0.39 is 23.8 Å². The van der Waals surface area contributed by atoms with Crippen molar-refractivity contribution in [1.82, 2.24) is 4.90 Å². The molecule has 0 saturated heterocycles. The van der Waals surface area contributed by atoms with Gasteiger partial charge in [0.15, 0.2) is 16.7 Å². The summed E-state index contributed by atoms with van der Waals surface area (Å²) in [6, 6.07) is 10.9. The van der Waals surface area contributed by atoms with Crippen molar-refractivity contribution in [3.8, 4) is 11.5 Å². The van der Waals surface area contributed by atoms with Crippen molar-refractivity contribution >= 4 is 52.0 Å². The zero-order valence-corrected chi connectivity index (χ0v) is 24.1. The van der Waals surface area contributed by atoms with Crippen molar-refractivity contribution in [3.63, 3.8) is 0 Å². The van der Waals surface area contributed by atoms with Gasteiger partial charge >= 0.3 is 5.97 Å². The summed E-state index contributed by atoms with van der Waals surface area (Å²) in [6.07, 6.45) is 1.22. The van der Waals surface area contributed by atoms with E-state index in [-0.39, 0.29) is 39.2 Å². The van der Waals surface area contributed by atoms with Crippen molar-refractivity contribution in [3.05, 3.63) is 75.3 Å². The van der Waals surface area contributed by atoms with Crippen molar-refractivity contribution < 1.29 is 45.6 Å². The molecule has 200 valence electrons. The van der Waals surface area contributed by atoms with Crippen LogP contribution in [0.1, 0.15) is 25.5 Å². The van der Waals surface area contributed by atoms with Crippen LogP contribution in [0.5, 0.6) is 11.5 Å². The maximum absolute atomic E-state index is 13.5. The number of hydrogen-bond acceptors (Lipinski definition) is 8. The molecular weight excluding hydrogens is 598 g/mol. The number of nitrogens with zero attached hydrogens (tertiary/aromatic N) is 2. The summed E-state index contributed by atoms with van der Waals surface area (Å²) in [6.45, 7) is 3.50. The first-order valence-electron chi connectivity index (χ1n) is 11.3. The Morgan fingerprint density at radius 3 is 2.47 bits per heavy atom. The number of hydrogen-bond donors (Lipinski definition) is 1. The number of anilines is 1. The number of fused-ring (bicyclic) bond motifs is 1. The van der Waals surface area contributed by atoms with Gasteiger partial charge in [-0.25, -0.2) is 9.79 Å². The van der Waals surface area contributed by atoms with E-state index in [2.05, 4.69) is 10.3 Å². The largest absolute Gasteiger partial charge is 1.00 e. The number of benzene rings is 2. The summed E-state index contributed by atoms with van der Waals surface area (Å²) in [4.78, 5) is 45.6. The third kappa shape index (κ3) is 5.74. The SMILES string of the molecule is CCOC(=O)C1=C(C)N=C2SC(C(=O)Nc3ccc(Cl)cc3)=CC(=O)N2C1c1cccc(OC)c1OC.[Br-]. The molecule has 0 bridgehead atoms. The highest BCUT2D eigenvalue weighted by molar-refractivity contribution is 8.18. The number of nitrogens with one attached hydrogen (secondary N) is 1. The Morgan fingerprint density at radius 2 is 1.84 bits per heavy atom. The van der Waals surface area contributed by atoms with Crippen molar-refractivity contribution in [2.45, 2.75) is 19.9 Å². The Morgan fingerprint density at radius 1 is 1.13 bits per heavy atom. The monoisotopic (exact) mass is 620 g/mol. The molecule has 2 amide bonds. The quantitative estimate of drug-likeness (QED) is 0.470. The standard InChI is InChI=1S/C26H24ClN3O6S.BrH/c1-5-36-25(33)21-14(2)28-26-30(22(21)17-7-6-8-18(34-3)23(17)35-4)20(31)13-19(37-26)24(32)29-16-11-9-15(27)10-12-16;/h6-13,22H,5H2,1-4H3,(H,29,32);1H/p-1. The Balaban J connectivity index is 0.00000400. The molecule has 0 saturated carbocycles. The molecule has 2 aliphatic heterocycles. The van der Waals surface area contributed by atoms with Crippen molar-refractivity contribution in [2.75, 3.05) is 26.1 Å². The van der Waals surface area contributed by atoms with Crippen LogP contribution in [0.3, 0.4) is 0 Å². The summed E-state index contributed by atoms with van der Waals surface area (Å²) in [5.74, 6) is -0.815. The predicted octanol–water partition coefficient (Wildman–Crippen LogP) is 1.71. The Bertz CT molecular complexity index is 1360. The number of methoxy groups -OCH3 is 2. The number of para-hydroxylation sites is 1. The van der Waals surface area contributed by atoms with Crippen molar-refractivity contribution in [2.24, 2.45) is 4.99 Å². The lowest BCUT2D eigenvalue weighted by atomic mass is 9.93. The number of rotatable bonds is 7. The van der Waals surface area contributed by atoms with Gasteiger partial charge in [0.1, 0.15) is 6.04 Å². The molecule has 0 spiro atoms. The number of amidine groups is 1. The van der Waals surface area contributed by atoms with E-state index in [1.54, 1.807) is 56.3 Å². The molecule has 0 fully saturated rings. The Hall–Kier alpha value is -3.28. The summed E-state index contributed by atoms with van der Waals surface area (Å²) < 4.78 is 16.4. The van der Waals surface area contributed by atoms with E-state index in [1.807, 2.05) is 0 Å². The van der Waals surface area contributed by atoms with Crippen LogP contribution in [0.15, 0.2) is 69.7 Å². The second-order valence-corrected chi connectivity index (χ2v) is 9.32. The lowest BCUT2D eigenvalue weighted by Crippen LogP contribution is -3.00. The number of thioether (sulfide) groups is 1. The third-order valence-electron chi connectivity index (χ3n) is 5.63. The van der Waals surface area contributed by atoms with Crippen molar-refractivity contribution in [1.29, 1.82) is 0 Å². The van der Waals surface area contributed by atoms with E-state index in [0.717, 1.165) is 11.8 Å². The van der Waals surface area contributed by atoms with Gasteiger partial charge in [-0.15, -0.1) is 0 Å². The first-order valence-corrected chi connectivity index (χ1v) is 12.5. The van der Waals surface area contributed by atoms with Gasteiger partial charge in [-0.05, 0) is 55.9 Å². The lowest BCUT2D eigenvalue weighted by molar-refractivity contribution is -0.139. The maximum Gasteiger partial charge on any atom is 0.338 e. The highest BCUT2D eigenvalue weighted by Gasteiger charge is 2.44. The van der Waals surface area contributed by atoms with Crippen LogP contribution in [0, 0.1) is 0 Å². The average Bonchev–Trinajstić information content (AvgIpc) is 2.88. The minimum atomic E-state index is -0.922. The topological polar surface area (TPSA) is 107 Å². The fourth-order valence-corrected chi connectivity index (χ4v) is 5.13. The molecule has 1 unspecified atom stereocenters. The molecule has 2 heterocycles. The number of carbonyl (C=O) groups is 3. The first-order chi connectivity index (χ1) is 17.8. The smallest absolute Gasteiger partial charge is 0.338 e. The zero-order valence-electron chi connectivity index (χ0n) is 20.9. The fraction of sp³-hybridized carbons (Fsp3) is 0.231. The third-order valence-corrected chi connectivity index (χ3v) is 6.88. The molecule has 38 heavy (non-hydrogen) atoms. The number of esters is 1. The summed E-state index contributed by atoms with van der Waals surface area (Å²) >= 11 is 6.94. The van der Waals surface area contributed by atoms with Crippen LogP contribution < -0.4 is 31.8 Å². The minimum absolute atomic E-state index is 0. The molecule has 1 N–H and O–H groups in total. The lowest BCUT2D eigenvalue weighted by Gasteiger charge is -2.38. The zero-order chi connectivity index (χ0) is 26.7. The molecule has 1 atom stereocenters. The molecule has 0 aliphatic carbocycles. The van der Waals surface area contributed by atoms with E-state index in [9.17, 15) is 14.4 Å². The number of amides is 2. The molecule has 2 aliphatic rings. The number of allylic oxidation sites excluding steroid dienone is 1. The number of carbonyl (C=O) groups excluding carboxylic acids is 3.